The molecular weight excluding hydrogens is 194 g/mol. The van der Waals surface area contributed by atoms with Crippen molar-refractivity contribution in [3.8, 4) is 0 Å². The molecule has 0 bridgehead atoms. The Morgan fingerprint density at radius 3 is 2.71 bits per heavy atom. The van der Waals surface area contributed by atoms with E-state index in [1.165, 1.54) is 5.56 Å². The summed E-state index contributed by atoms with van der Waals surface area (Å²) in [6.45, 7) is 0.823. The highest BCUT2D eigenvalue weighted by Gasteiger charge is 2.09. The van der Waals surface area contributed by atoms with Crippen LogP contribution in [0, 0.1) is 0 Å². The van der Waals surface area contributed by atoms with Gasteiger partial charge in [0.05, 0.1) is 0 Å². The zero-order chi connectivity index (χ0) is 9.80. The van der Waals surface area contributed by atoms with Crippen molar-refractivity contribution in [1.82, 2.24) is 5.32 Å². The molecule has 2 rings (SSSR count). The number of hydrogen-bond acceptors (Lipinski definition) is 2. The Bertz CT molecular complexity index is 359. The SMILES string of the molecule is O=S1C=C(NCc2ccccc2)CC1. The standard InChI is InChI=1S/C11H13NOS/c13-14-7-6-11(9-14)12-8-10-4-2-1-3-5-10/h1-5,9,12H,6-8H2. The quantitative estimate of drug-likeness (QED) is 0.818. The maximum absolute atomic E-state index is 11.1. The molecule has 1 unspecified atom stereocenters. The Morgan fingerprint density at radius 1 is 1.29 bits per heavy atom. The second-order valence-corrected chi connectivity index (χ2v) is 4.72. The first kappa shape index (κ1) is 9.46. The van der Waals surface area contributed by atoms with Gasteiger partial charge in [-0.15, -0.1) is 0 Å². The molecule has 0 aliphatic carbocycles. The molecule has 0 fully saturated rings. The van der Waals surface area contributed by atoms with Gasteiger partial charge in [0.15, 0.2) is 0 Å². The third kappa shape index (κ3) is 2.45. The zero-order valence-electron chi connectivity index (χ0n) is 7.90. The van der Waals surface area contributed by atoms with Crippen LogP contribution < -0.4 is 5.32 Å². The predicted octanol–water partition coefficient (Wildman–Crippen LogP) is 1.77. The van der Waals surface area contributed by atoms with Crippen LogP contribution in [0.25, 0.3) is 0 Å². The molecular formula is C11H13NOS. The molecule has 3 heteroatoms. The summed E-state index contributed by atoms with van der Waals surface area (Å²) in [5, 5.41) is 5.12. The van der Waals surface area contributed by atoms with Gasteiger partial charge in [-0.3, -0.25) is 4.21 Å². The highest BCUT2D eigenvalue weighted by Crippen LogP contribution is 2.11. The Labute approximate surface area is 86.5 Å². The van der Waals surface area contributed by atoms with Gasteiger partial charge in [-0.2, -0.15) is 0 Å². The second-order valence-electron chi connectivity index (χ2n) is 3.32. The molecule has 1 aliphatic heterocycles. The van der Waals surface area contributed by atoms with E-state index in [4.69, 9.17) is 0 Å². The van der Waals surface area contributed by atoms with Crippen molar-refractivity contribution in [2.75, 3.05) is 5.75 Å². The second kappa shape index (κ2) is 4.42. The van der Waals surface area contributed by atoms with Crippen LogP contribution in [0.5, 0.6) is 0 Å². The van der Waals surface area contributed by atoms with E-state index in [-0.39, 0.29) is 0 Å². The van der Waals surface area contributed by atoms with Crippen LogP contribution in [0.2, 0.25) is 0 Å². The number of rotatable bonds is 3. The molecule has 0 saturated carbocycles. The van der Waals surface area contributed by atoms with Crippen molar-refractivity contribution in [2.45, 2.75) is 13.0 Å². The topological polar surface area (TPSA) is 29.1 Å². The Balaban J connectivity index is 1.89. The van der Waals surface area contributed by atoms with Gasteiger partial charge in [0.25, 0.3) is 0 Å². The van der Waals surface area contributed by atoms with E-state index < -0.39 is 10.8 Å². The Hall–Kier alpha value is -1.09. The molecule has 1 aromatic carbocycles. The lowest BCUT2D eigenvalue weighted by Crippen LogP contribution is -2.11. The fourth-order valence-corrected chi connectivity index (χ4v) is 2.49. The van der Waals surface area contributed by atoms with Crippen molar-refractivity contribution in [1.29, 1.82) is 0 Å². The lowest BCUT2D eigenvalue weighted by atomic mass is 10.2. The minimum absolute atomic E-state index is 0.735. The van der Waals surface area contributed by atoms with Crippen molar-refractivity contribution in [3.05, 3.63) is 47.0 Å². The molecule has 0 saturated heterocycles. The molecule has 1 aliphatic rings. The van der Waals surface area contributed by atoms with Crippen LogP contribution in [-0.2, 0) is 17.3 Å². The first-order chi connectivity index (χ1) is 6.84. The summed E-state index contributed by atoms with van der Waals surface area (Å²) >= 11 is 0. The summed E-state index contributed by atoms with van der Waals surface area (Å²) in [6, 6.07) is 10.2. The van der Waals surface area contributed by atoms with Crippen molar-refractivity contribution in [2.24, 2.45) is 0 Å². The molecule has 2 nitrogen and oxygen atoms in total. The summed E-state index contributed by atoms with van der Waals surface area (Å²) in [5.41, 5.74) is 2.37. The lowest BCUT2D eigenvalue weighted by Gasteiger charge is -2.05. The first-order valence-electron chi connectivity index (χ1n) is 4.70. The molecule has 1 N–H and O–H groups in total. The summed E-state index contributed by atoms with van der Waals surface area (Å²) in [7, 11) is -0.735. The lowest BCUT2D eigenvalue weighted by molar-refractivity contribution is 0.689. The average molecular weight is 207 g/mol. The molecule has 0 spiro atoms. The van der Waals surface area contributed by atoms with Crippen molar-refractivity contribution in [3.63, 3.8) is 0 Å². The fraction of sp³-hybridized carbons (Fsp3) is 0.273. The van der Waals surface area contributed by atoms with Crippen LogP contribution in [-0.4, -0.2) is 9.96 Å². The molecule has 1 atom stereocenters. The third-order valence-electron chi connectivity index (χ3n) is 2.21. The predicted molar refractivity (Wildman–Crippen MR) is 59.0 cm³/mol. The maximum atomic E-state index is 11.1. The van der Waals surface area contributed by atoms with Crippen LogP contribution >= 0.6 is 0 Å². The van der Waals surface area contributed by atoms with Crippen LogP contribution in [0.1, 0.15) is 12.0 Å². The van der Waals surface area contributed by atoms with Gasteiger partial charge in [0.1, 0.15) is 0 Å². The van der Waals surface area contributed by atoms with E-state index in [0.29, 0.717) is 0 Å². The third-order valence-corrected chi connectivity index (χ3v) is 3.36. The van der Waals surface area contributed by atoms with Crippen LogP contribution in [0.15, 0.2) is 41.4 Å². The summed E-state index contributed by atoms with van der Waals surface area (Å²) in [4.78, 5) is 0. The van der Waals surface area contributed by atoms with Gasteiger partial charge < -0.3 is 5.32 Å². The molecule has 0 aromatic heterocycles. The first-order valence-corrected chi connectivity index (χ1v) is 6.08. The van der Waals surface area contributed by atoms with Gasteiger partial charge in [0.2, 0.25) is 0 Å². The normalized spacial score (nSPS) is 20.6. The monoisotopic (exact) mass is 207 g/mol. The number of allylic oxidation sites excluding steroid dienone is 1. The largest absolute Gasteiger partial charge is 0.384 e. The summed E-state index contributed by atoms with van der Waals surface area (Å²) < 4.78 is 11.1. The van der Waals surface area contributed by atoms with Gasteiger partial charge in [-0.1, -0.05) is 30.3 Å². The van der Waals surface area contributed by atoms with E-state index in [1.807, 2.05) is 23.6 Å². The van der Waals surface area contributed by atoms with Gasteiger partial charge >= 0.3 is 0 Å². The number of hydrogen-bond donors (Lipinski definition) is 1. The minimum Gasteiger partial charge on any atom is -0.384 e. The molecule has 74 valence electrons. The highest BCUT2D eigenvalue weighted by molar-refractivity contribution is 7.88. The van der Waals surface area contributed by atoms with E-state index in [2.05, 4.69) is 17.4 Å². The van der Waals surface area contributed by atoms with Gasteiger partial charge in [-0.25, -0.2) is 0 Å². The molecule has 14 heavy (non-hydrogen) atoms. The molecule has 0 radical (unpaired) electrons. The van der Waals surface area contributed by atoms with Gasteiger partial charge in [-0.05, 0) is 12.0 Å². The van der Waals surface area contributed by atoms with Gasteiger partial charge in [0, 0.05) is 34.2 Å². The zero-order valence-corrected chi connectivity index (χ0v) is 8.72. The number of nitrogens with one attached hydrogen (secondary N) is 1. The maximum Gasteiger partial charge on any atom is 0.0477 e. The highest BCUT2D eigenvalue weighted by atomic mass is 32.2. The van der Waals surface area contributed by atoms with Crippen molar-refractivity contribution < 1.29 is 4.21 Å². The molecule has 1 aromatic rings. The van der Waals surface area contributed by atoms with E-state index in [0.717, 1.165) is 24.4 Å². The van der Waals surface area contributed by atoms with E-state index in [1.54, 1.807) is 0 Å². The Kier molecular flexibility index (Phi) is 2.99. The van der Waals surface area contributed by atoms with Crippen LogP contribution in [0.4, 0.5) is 0 Å². The van der Waals surface area contributed by atoms with Crippen LogP contribution in [0.3, 0.4) is 0 Å². The smallest absolute Gasteiger partial charge is 0.0477 e. The van der Waals surface area contributed by atoms with Crippen molar-refractivity contribution >= 4 is 10.8 Å². The molecule has 1 heterocycles. The number of benzene rings is 1. The summed E-state index contributed by atoms with van der Waals surface area (Å²) in [6.07, 6.45) is 0.916. The summed E-state index contributed by atoms with van der Waals surface area (Å²) in [5.74, 6) is 0.775. The minimum atomic E-state index is -0.735. The molecule has 0 amide bonds. The van der Waals surface area contributed by atoms with E-state index >= 15 is 0 Å². The van der Waals surface area contributed by atoms with E-state index in [9.17, 15) is 4.21 Å². The fourth-order valence-electron chi connectivity index (χ4n) is 1.43. The average Bonchev–Trinajstić information content (AvgIpc) is 2.63. The Morgan fingerprint density at radius 2 is 2.07 bits per heavy atom.